The van der Waals surface area contributed by atoms with Crippen molar-refractivity contribution in [1.29, 1.82) is 0 Å². The van der Waals surface area contributed by atoms with E-state index in [9.17, 15) is 0 Å². The van der Waals surface area contributed by atoms with Gasteiger partial charge in [-0.05, 0) is 43.1 Å². The van der Waals surface area contributed by atoms with Gasteiger partial charge in [-0.2, -0.15) is 0 Å². The third kappa shape index (κ3) is 4.46. The summed E-state index contributed by atoms with van der Waals surface area (Å²) in [6.45, 7) is 14.6. The van der Waals surface area contributed by atoms with Crippen LogP contribution in [0.3, 0.4) is 0 Å². The Bertz CT molecular complexity index is 281. The van der Waals surface area contributed by atoms with Crippen LogP contribution in [0.1, 0.15) is 66.2 Å². The van der Waals surface area contributed by atoms with E-state index < -0.39 is 0 Å². The molecule has 0 spiro atoms. The lowest BCUT2D eigenvalue weighted by Gasteiger charge is -2.45. The van der Waals surface area contributed by atoms with Gasteiger partial charge in [-0.25, -0.2) is 0 Å². The van der Waals surface area contributed by atoms with Crippen molar-refractivity contribution in [2.24, 2.45) is 17.3 Å². The molecular formula is C18H36N2. The number of hydrogen-bond donors (Lipinski definition) is 1. The monoisotopic (exact) mass is 280 g/mol. The molecular weight excluding hydrogens is 244 g/mol. The first kappa shape index (κ1) is 16.3. The first-order chi connectivity index (χ1) is 9.51. The maximum Gasteiger partial charge on any atom is 0.00503 e. The Kier molecular flexibility index (Phi) is 5.92. The highest BCUT2D eigenvalue weighted by atomic mass is 15.1. The zero-order valence-corrected chi connectivity index (χ0v) is 14.3. The van der Waals surface area contributed by atoms with Gasteiger partial charge in [0.15, 0.2) is 0 Å². The van der Waals surface area contributed by atoms with Gasteiger partial charge in [-0.15, -0.1) is 0 Å². The van der Waals surface area contributed by atoms with Crippen LogP contribution < -0.4 is 5.32 Å². The number of nitrogens with one attached hydrogen (secondary N) is 1. The van der Waals surface area contributed by atoms with Crippen molar-refractivity contribution in [2.45, 2.75) is 72.3 Å². The Morgan fingerprint density at radius 1 is 1.10 bits per heavy atom. The van der Waals surface area contributed by atoms with Gasteiger partial charge < -0.3 is 10.2 Å². The molecule has 0 aromatic heterocycles. The third-order valence-corrected chi connectivity index (χ3v) is 5.78. The molecule has 2 fully saturated rings. The van der Waals surface area contributed by atoms with Crippen LogP contribution in [0.5, 0.6) is 0 Å². The molecule has 0 bridgehead atoms. The SMILES string of the molecule is CC(C)NCC1(CN2CCC(C)C(C)C2)CCCCC1. The van der Waals surface area contributed by atoms with Crippen molar-refractivity contribution in [2.75, 3.05) is 26.2 Å². The first-order valence-corrected chi connectivity index (χ1v) is 8.96. The quantitative estimate of drug-likeness (QED) is 0.821. The lowest BCUT2D eigenvalue weighted by Crippen LogP contribution is -2.49. The van der Waals surface area contributed by atoms with E-state index in [-0.39, 0.29) is 0 Å². The molecule has 2 nitrogen and oxygen atoms in total. The highest BCUT2D eigenvalue weighted by Gasteiger charge is 2.35. The van der Waals surface area contributed by atoms with E-state index in [0.29, 0.717) is 11.5 Å². The molecule has 1 aliphatic heterocycles. The van der Waals surface area contributed by atoms with E-state index >= 15 is 0 Å². The molecule has 1 saturated heterocycles. The topological polar surface area (TPSA) is 15.3 Å². The van der Waals surface area contributed by atoms with Gasteiger partial charge in [-0.1, -0.05) is 47.0 Å². The third-order valence-electron chi connectivity index (χ3n) is 5.78. The molecule has 0 radical (unpaired) electrons. The molecule has 2 heteroatoms. The van der Waals surface area contributed by atoms with Crippen LogP contribution >= 0.6 is 0 Å². The number of likely N-dealkylation sites (tertiary alicyclic amines) is 1. The highest BCUT2D eigenvalue weighted by Crippen LogP contribution is 2.38. The summed E-state index contributed by atoms with van der Waals surface area (Å²) in [6.07, 6.45) is 8.62. The standard InChI is InChI=1S/C18H36N2/c1-15(2)19-13-18(9-6-5-7-10-18)14-20-11-8-16(3)17(4)12-20/h15-17,19H,5-14H2,1-4H3. The second kappa shape index (κ2) is 7.26. The lowest BCUT2D eigenvalue weighted by molar-refractivity contribution is 0.0581. The maximum atomic E-state index is 3.74. The molecule has 2 atom stereocenters. The molecule has 2 aliphatic rings. The van der Waals surface area contributed by atoms with E-state index in [0.717, 1.165) is 11.8 Å². The second-order valence-corrected chi connectivity index (χ2v) is 8.07. The summed E-state index contributed by atoms with van der Waals surface area (Å²) in [4.78, 5) is 2.78. The summed E-state index contributed by atoms with van der Waals surface area (Å²) in [6, 6.07) is 0.620. The fourth-order valence-electron chi connectivity index (χ4n) is 4.08. The summed E-state index contributed by atoms with van der Waals surface area (Å²) >= 11 is 0. The second-order valence-electron chi connectivity index (χ2n) is 8.07. The first-order valence-electron chi connectivity index (χ1n) is 8.96. The number of rotatable bonds is 5. The maximum absolute atomic E-state index is 3.74. The van der Waals surface area contributed by atoms with Gasteiger partial charge in [0, 0.05) is 25.7 Å². The molecule has 2 unspecified atom stereocenters. The largest absolute Gasteiger partial charge is 0.314 e. The molecule has 1 saturated carbocycles. The van der Waals surface area contributed by atoms with E-state index in [1.807, 2.05) is 0 Å². The minimum Gasteiger partial charge on any atom is -0.314 e. The molecule has 2 rings (SSSR count). The summed E-state index contributed by atoms with van der Waals surface area (Å²) in [5, 5.41) is 3.74. The average molecular weight is 280 g/mol. The molecule has 20 heavy (non-hydrogen) atoms. The zero-order valence-electron chi connectivity index (χ0n) is 14.3. The summed E-state index contributed by atoms with van der Waals surface area (Å²) in [7, 11) is 0. The van der Waals surface area contributed by atoms with E-state index in [2.05, 4.69) is 37.9 Å². The van der Waals surface area contributed by atoms with Gasteiger partial charge in [0.1, 0.15) is 0 Å². The summed E-state index contributed by atoms with van der Waals surface area (Å²) in [5.41, 5.74) is 0.558. The average Bonchev–Trinajstić information content (AvgIpc) is 2.42. The molecule has 0 aromatic rings. The van der Waals surface area contributed by atoms with Crippen LogP contribution in [0.4, 0.5) is 0 Å². The molecule has 0 amide bonds. The van der Waals surface area contributed by atoms with Crippen LogP contribution in [0, 0.1) is 17.3 Å². The zero-order chi connectivity index (χ0) is 14.6. The number of hydrogen-bond acceptors (Lipinski definition) is 2. The smallest absolute Gasteiger partial charge is 0.00503 e. The van der Waals surface area contributed by atoms with Gasteiger partial charge in [-0.3, -0.25) is 0 Å². The van der Waals surface area contributed by atoms with Crippen molar-refractivity contribution in [1.82, 2.24) is 10.2 Å². The van der Waals surface area contributed by atoms with E-state index in [4.69, 9.17) is 0 Å². The molecule has 1 aliphatic carbocycles. The van der Waals surface area contributed by atoms with Crippen LogP contribution in [0.2, 0.25) is 0 Å². The Morgan fingerprint density at radius 2 is 1.80 bits per heavy atom. The fraction of sp³-hybridized carbons (Fsp3) is 1.00. The summed E-state index contributed by atoms with van der Waals surface area (Å²) in [5.74, 6) is 1.80. The minimum atomic E-state index is 0.558. The Balaban J connectivity index is 1.93. The van der Waals surface area contributed by atoms with Crippen molar-refractivity contribution in [3.05, 3.63) is 0 Å². The van der Waals surface area contributed by atoms with E-state index in [1.165, 1.54) is 64.7 Å². The predicted octanol–water partition coefficient (Wildman–Crippen LogP) is 3.91. The van der Waals surface area contributed by atoms with Gasteiger partial charge in [0.2, 0.25) is 0 Å². The Morgan fingerprint density at radius 3 is 2.40 bits per heavy atom. The molecule has 1 heterocycles. The van der Waals surface area contributed by atoms with Crippen LogP contribution in [0.25, 0.3) is 0 Å². The number of nitrogens with zero attached hydrogens (tertiary/aromatic N) is 1. The molecule has 0 aromatic carbocycles. The normalized spacial score (nSPS) is 31.6. The van der Waals surface area contributed by atoms with Crippen LogP contribution in [-0.4, -0.2) is 37.1 Å². The van der Waals surface area contributed by atoms with Gasteiger partial charge in [0.05, 0.1) is 0 Å². The van der Waals surface area contributed by atoms with Crippen LogP contribution in [-0.2, 0) is 0 Å². The van der Waals surface area contributed by atoms with Crippen molar-refractivity contribution in [3.8, 4) is 0 Å². The van der Waals surface area contributed by atoms with Crippen LogP contribution in [0.15, 0.2) is 0 Å². The van der Waals surface area contributed by atoms with Crippen molar-refractivity contribution < 1.29 is 0 Å². The van der Waals surface area contributed by atoms with E-state index in [1.54, 1.807) is 0 Å². The molecule has 118 valence electrons. The Hall–Kier alpha value is -0.0800. The highest BCUT2D eigenvalue weighted by molar-refractivity contribution is 4.90. The Labute approximate surface area is 126 Å². The van der Waals surface area contributed by atoms with Crippen molar-refractivity contribution >= 4 is 0 Å². The van der Waals surface area contributed by atoms with Gasteiger partial charge >= 0.3 is 0 Å². The molecule has 1 N–H and O–H groups in total. The summed E-state index contributed by atoms with van der Waals surface area (Å²) < 4.78 is 0. The predicted molar refractivity (Wildman–Crippen MR) is 88.0 cm³/mol. The minimum absolute atomic E-state index is 0.558. The lowest BCUT2D eigenvalue weighted by atomic mass is 9.73. The fourth-order valence-corrected chi connectivity index (χ4v) is 4.08. The van der Waals surface area contributed by atoms with Gasteiger partial charge in [0.25, 0.3) is 0 Å². The van der Waals surface area contributed by atoms with Crippen molar-refractivity contribution in [3.63, 3.8) is 0 Å². The number of piperidine rings is 1.